The fourth-order valence-corrected chi connectivity index (χ4v) is 6.49. The van der Waals surface area contributed by atoms with Crippen molar-refractivity contribution >= 4 is 36.7 Å². The third-order valence-corrected chi connectivity index (χ3v) is 9.56. The summed E-state index contributed by atoms with van der Waals surface area (Å²) >= 11 is 0. The number of hydrogen-bond donors (Lipinski definition) is 0. The summed E-state index contributed by atoms with van der Waals surface area (Å²) in [5, 5.41) is -0.0585. The van der Waals surface area contributed by atoms with E-state index in [1.54, 1.807) is 26.0 Å². The van der Waals surface area contributed by atoms with Gasteiger partial charge in [0.1, 0.15) is 17.0 Å². The first-order valence-electron chi connectivity index (χ1n) is 11.6. The van der Waals surface area contributed by atoms with Crippen molar-refractivity contribution in [3.8, 4) is 11.1 Å². The number of nitrogens with zero attached hydrogens (tertiary/aromatic N) is 2. The number of pyridine rings is 1. The first-order chi connectivity index (χ1) is 17.8. The minimum absolute atomic E-state index is 0.0242. The second kappa shape index (κ2) is 9.84. The summed E-state index contributed by atoms with van der Waals surface area (Å²) in [6, 6.07) is 10.2. The monoisotopic (exact) mass is 560 g/mol. The van der Waals surface area contributed by atoms with Crippen molar-refractivity contribution in [2.75, 3.05) is 12.4 Å². The van der Waals surface area contributed by atoms with Gasteiger partial charge in [0.25, 0.3) is 15.6 Å². The van der Waals surface area contributed by atoms with Crippen LogP contribution in [0.25, 0.3) is 22.0 Å². The minimum atomic E-state index is -4.50. The number of ether oxygens (including phenoxy) is 1. The average molecular weight is 561 g/mol. The molecule has 2 heterocycles. The van der Waals surface area contributed by atoms with Gasteiger partial charge in [0.2, 0.25) is 0 Å². The smallest absolute Gasteiger partial charge is 0.356 e. The number of carbonyl (C=O) groups is 1. The van der Waals surface area contributed by atoms with Gasteiger partial charge in [0.15, 0.2) is 9.84 Å². The molecule has 200 valence electrons. The lowest BCUT2D eigenvalue weighted by Crippen LogP contribution is -2.25. The predicted molar refractivity (Wildman–Crippen MR) is 140 cm³/mol. The molecule has 0 fully saturated rings. The topological polar surface area (TPSA) is 122 Å². The Morgan fingerprint density at radius 1 is 0.947 bits per heavy atom. The van der Waals surface area contributed by atoms with Gasteiger partial charge in [-0.1, -0.05) is 24.6 Å². The predicted octanol–water partition coefficient (Wildman–Crippen LogP) is 3.66. The normalized spacial score (nSPS) is 12.1. The molecule has 0 saturated heterocycles. The number of rotatable bonds is 7. The van der Waals surface area contributed by atoms with Crippen LogP contribution in [0.5, 0.6) is 0 Å². The van der Waals surface area contributed by atoms with Gasteiger partial charge >= 0.3 is 5.97 Å². The van der Waals surface area contributed by atoms with Gasteiger partial charge in [0, 0.05) is 29.8 Å². The number of carbonyl (C=O) groups excluding carboxylic acids is 1. The van der Waals surface area contributed by atoms with Crippen LogP contribution in [-0.4, -0.2) is 43.7 Å². The van der Waals surface area contributed by atoms with Crippen molar-refractivity contribution in [2.24, 2.45) is 7.05 Å². The minimum Gasteiger partial charge on any atom is -0.461 e. The number of aromatic nitrogens is 2. The SMILES string of the molecule is CCOC(=O)c1cc2c(-c3cc(S(=O)(=O)CC)ccc3F)cn(C)c(=O)c2n1S(=O)(=O)c1ccc(C)cc1. The number of halogens is 1. The quantitative estimate of drug-likeness (QED) is 0.250. The van der Waals surface area contributed by atoms with Crippen LogP contribution in [0.4, 0.5) is 4.39 Å². The lowest BCUT2D eigenvalue weighted by molar-refractivity contribution is 0.0518. The van der Waals surface area contributed by atoms with Crippen molar-refractivity contribution < 1.29 is 30.8 Å². The molecular formula is C26H25FN2O7S2. The van der Waals surface area contributed by atoms with Crippen molar-refractivity contribution in [2.45, 2.75) is 30.6 Å². The molecule has 4 aromatic rings. The standard InChI is InChI=1S/C26H25FN2O7S2/c1-5-36-26(31)23-14-20-21(19-13-18(11-12-22(19)27)37(32,33)6-2)15-28(4)25(30)24(20)29(23)38(34,35)17-9-7-16(3)8-10-17/h7-15H,5-6H2,1-4H3. The maximum Gasteiger partial charge on any atom is 0.356 e. The molecule has 2 aromatic heterocycles. The van der Waals surface area contributed by atoms with E-state index in [4.69, 9.17) is 4.74 Å². The lowest BCUT2D eigenvalue weighted by Gasteiger charge is -2.13. The van der Waals surface area contributed by atoms with Gasteiger partial charge < -0.3 is 9.30 Å². The van der Waals surface area contributed by atoms with Crippen LogP contribution >= 0.6 is 0 Å². The molecule has 12 heteroatoms. The van der Waals surface area contributed by atoms with E-state index < -0.39 is 48.4 Å². The highest BCUT2D eigenvalue weighted by atomic mass is 32.2. The Bertz CT molecular complexity index is 1850. The molecule has 2 aromatic carbocycles. The summed E-state index contributed by atoms with van der Waals surface area (Å²) in [6.45, 7) is 4.69. The Morgan fingerprint density at radius 3 is 2.18 bits per heavy atom. The van der Waals surface area contributed by atoms with Crippen molar-refractivity contribution in [1.82, 2.24) is 8.54 Å². The first kappa shape index (κ1) is 27.3. The largest absolute Gasteiger partial charge is 0.461 e. The third-order valence-electron chi connectivity index (χ3n) is 6.10. The van der Waals surface area contributed by atoms with Crippen molar-refractivity contribution in [3.63, 3.8) is 0 Å². The Balaban J connectivity index is 2.16. The summed E-state index contributed by atoms with van der Waals surface area (Å²) < 4.78 is 74.5. The van der Waals surface area contributed by atoms with E-state index >= 15 is 4.39 Å². The molecule has 0 spiro atoms. The maximum absolute atomic E-state index is 15.1. The highest BCUT2D eigenvalue weighted by Crippen LogP contribution is 2.34. The highest BCUT2D eigenvalue weighted by Gasteiger charge is 2.31. The van der Waals surface area contributed by atoms with E-state index in [1.165, 1.54) is 32.3 Å². The Hall–Kier alpha value is -3.77. The fourth-order valence-electron chi connectivity index (χ4n) is 4.09. The molecule has 0 aliphatic carbocycles. The molecule has 38 heavy (non-hydrogen) atoms. The fraction of sp³-hybridized carbons (Fsp3) is 0.231. The molecule has 0 aliphatic rings. The number of benzene rings is 2. The molecule has 0 radical (unpaired) electrons. The lowest BCUT2D eigenvalue weighted by atomic mass is 10.0. The van der Waals surface area contributed by atoms with Gasteiger partial charge in [-0.25, -0.2) is 30.0 Å². The van der Waals surface area contributed by atoms with Gasteiger partial charge in [-0.2, -0.15) is 0 Å². The molecule has 9 nitrogen and oxygen atoms in total. The molecule has 0 saturated carbocycles. The Morgan fingerprint density at radius 2 is 1.58 bits per heavy atom. The van der Waals surface area contributed by atoms with Gasteiger partial charge in [0.05, 0.1) is 22.2 Å². The summed E-state index contributed by atoms with van der Waals surface area (Å²) in [5.41, 5.74) is -0.992. The van der Waals surface area contributed by atoms with E-state index in [1.807, 2.05) is 0 Å². The van der Waals surface area contributed by atoms with Crippen LogP contribution in [0.1, 0.15) is 29.9 Å². The van der Waals surface area contributed by atoms with Crippen LogP contribution in [-0.2, 0) is 31.6 Å². The second-order valence-corrected chi connectivity index (χ2v) is 12.7. The van der Waals surface area contributed by atoms with E-state index in [-0.39, 0.29) is 38.7 Å². The van der Waals surface area contributed by atoms with E-state index in [0.29, 0.717) is 3.97 Å². The number of hydrogen-bond acceptors (Lipinski definition) is 7. The van der Waals surface area contributed by atoms with Gasteiger partial charge in [-0.15, -0.1) is 0 Å². The van der Waals surface area contributed by atoms with Gasteiger partial charge in [-0.3, -0.25) is 4.79 Å². The average Bonchev–Trinajstić information content (AvgIpc) is 3.29. The molecule has 0 unspecified atom stereocenters. The number of aryl methyl sites for hydroxylation is 2. The van der Waals surface area contributed by atoms with Gasteiger partial charge in [-0.05, 0) is 50.2 Å². The van der Waals surface area contributed by atoms with Crippen LogP contribution in [0.3, 0.4) is 0 Å². The van der Waals surface area contributed by atoms with E-state index in [9.17, 15) is 26.4 Å². The van der Waals surface area contributed by atoms with Crippen LogP contribution in [0.2, 0.25) is 0 Å². The molecule has 0 aliphatic heterocycles. The summed E-state index contributed by atoms with van der Waals surface area (Å²) in [7, 11) is -6.87. The number of esters is 1. The highest BCUT2D eigenvalue weighted by molar-refractivity contribution is 7.91. The van der Waals surface area contributed by atoms with Crippen molar-refractivity contribution in [3.05, 3.63) is 82.2 Å². The molecular weight excluding hydrogens is 535 g/mol. The Kier molecular flexibility index (Phi) is 7.06. The van der Waals surface area contributed by atoms with Crippen LogP contribution < -0.4 is 5.56 Å². The van der Waals surface area contributed by atoms with E-state index in [0.717, 1.165) is 34.4 Å². The molecule has 4 rings (SSSR count). The molecule has 0 N–H and O–H groups in total. The number of fused-ring (bicyclic) bond motifs is 1. The zero-order valence-corrected chi connectivity index (χ0v) is 22.7. The third kappa shape index (κ3) is 4.54. The van der Waals surface area contributed by atoms with Crippen molar-refractivity contribution in [1.29, 1.82) is 0 Å². The molecule has 0 atom stereocenters. The van der Waals surface area contributed by atoms with E-state index in [2.05, 4.69) is 0 Å². The molecule has 0 bridgehead atoms. The van der Waals surface area contributed by atoms with Crippen LogP contribution in [0.15, 0.2) is 69.3 Å². The summed E-state index contributed by atoms with van der Waals surface area (Å²) in [4.78, 5) is 26.0. The summed E-state index contributed by atoms with van der Waals surface area (Å²) in [5.74, 6) is -2.03. The number of sulfone groups is 1. The maximum atomic E-state index is 15.1. The molecule has 0 amide bonds. The summed E-state index contributed by atoms with van der Waals surface area (Å²) in [6.07, 6.45) is 1.27. The zero-order valence-electron chi connectivity index (χ0n) is 21.1. The Labute approximate surface area is 219 Å². The second-order valence-electron chi connectivity index (χ2n) is 8.60. The zero-order chi connectivity index (χ0) is 28.0. The first-order valence-corrected chi connectivity index (χ1v) is 14.7. The van der Waals surface area contributed by atoms with Crippen LogP contribution in [0, 0.1) is 12.7 Å².